The Balaban J connectivity index is 1.91. The number of carbonyl (C=O) groups is 2. The maximum atomic E-state index is 12.5. The maximum absolute atomic E-state index is 12.5. The summed E-state index contributed by atoms with van der Waals surface area (Å²) < 4.78 is 0. The largest absolute Gasteiger partial charge is 0.481 e. The van der Waals surface area contributed by atoms with Crippen LogP contribution in [0.15, 0.2) is 42.5 Å². The average molecular weight is 306 g/mol. The summed E-state index contributed by atoms with van der Waals surface area (Å²) in [7, 11) is 0. The van der Waals surface area contributed by atoms with Crippen molar-refractivity contribution in [3.05, 3.63) is 64.7 Å². The van der Waals surface area contributed by atoms with Crippen molar-refractivity contribution in [1.29, 1.82) is 5.26 Å². The van der Waals surface area contributed by atoms with Gasteiger partial charge in [0.05, 0.1) is 24.1 Å². The summed E-state index contributed by atoms with van der Waals surface area (Å²) in [6.07, 6.45) is 0. The number of anilines is 1. The number of carbonyl (C=O) groups excluding carboxylic acids is 1. The molecular formula is C18H14N2O3. The first-order valence-electron chi connectivity index (χ1n) is 7.19. The second-order valence-electron chi connectivity index (χ2n) is 5.49. The first-order valence-corrected chi connectivity index (χ1v) is 7.19. The summed E-state index contributed by atoms with van der Waals surface area (Å²) in [6.45, 7) is 1.97. The average Bonchev–Trinajstić information content (AvgIpc) is 2.91. The van der Waals surface area contributed by atoms with Crippen molar-refractivity contribution in [2.45, 2.75) is 19.4 Å². The van der Waals surface area contributed by atoms with E-state index in [4.69, 9.17) is 10.4 Å². The van der Waals surface area contributed by atoms with E-state index in [1.165, 1.54) is 0 Å². The highest BCUT2D eigenvalue weighted by atomic mass is 16.4. The van der Waals surface area contributed by atoms with E-state index in [1.807, 2.05) is 0 Å². The third-order valence-corrected chi connectivity index (χ3v) is 4.16. The molecule has 0 saturated heterocycles. The monoisotopic (exact) mass is 306 g/mol. The number of hydrogen-bond donors (Lipinski definition) is 1. The number of amides is 1. The number of aliphatic carboxylic acids is 1. The van der Waals surface area contributed by atoms with Gasteiger partial charge >= 0.3 is 5.97 Å². The van der Waals surface area contributed by atoms with Crippen LogP contribution >= 0.6 is 0 Å². The van der Waals surface area contributed by atoms with Crippen LogP contribution in [0.1, 0.15) is 39.9 Å². The number of rotatable bonds is 3. The molecule has 5 nitrogen and oxygen atoms in total. The molecule has 2 aromatic carbocycles. The molecule has 1 aliphatic heterocycles. The predicted molar refractivity (Wildman–Crippen MR) is 84.2 cm³/mol. The fourth-order valence-corrected chi connectivity index (χ4v) is 2.73. The van der Waals surface area contributed by atoms with Crippen LogP contribution in [0.2, 0.25) is 0 Å². The Kier molecular flexibility index (Phi) is 3.59. The highest BCUT2D eigenvalue weighted by Gasteiger charge is 2.30. The molecule has 1 amide bonds. The van der Waals surface area contributed by atoms with Crippen LogP contribution < -0.4 is 4.90 Å². The zero-order valence-corrected chi connectivity index (χ0v) is 12.5. The Morgan fingerprint density at radius 3 is 2.57 bits per heavy atom. The van der Waals surface area contributed by atoms with Crippen molar-refractivity contribution < 1.29 is 14.7 Å². The molecule has 5 heteroatoms. The van der Waals surface area contributed by atoms with Crippen LogP contribution in [0, 0.1) is 11.3 Å². The summed E-state index contributed by atoms with van der Waals surface area (Å²) >= 11 is 0. The van der Waals surface area contributed by atoms with Gasteiger partial charge in [-0.3, -0.25) is 9.59 Å². The third-order valence-electron chi connectivity index (χ3n) is 4.16. The molecule has 0 aliphatic carbocycles. The van der Waals surface area contributed by atoms with Crippen LogP contribution in [-0.2, 0) is 11.3 Å². The van der Waals surface area contributed by atoms with E-state index in [1.54, 1.807) is 54.3 Å². The van der Waals surface area contributed by atoms with E-state index in [9.17, 15) is 9.59 Å². The van der Waals surface area contributed by atoms with E-state index in [0.29, 0.717) is 28.9 Å². The van der Waals surface area contributed by atoms with Gasteiger partial charge in [-0.2, -0.15) is 5.26 Å². The molecule has 23 heavy (non-hydrogen) atoms. The summed E-state index contributed by atoms with van der Waals surface area (Å²) in [4.78, 5) is 25.1. The standard InChI is InChI=1S/C18H14N2O3/c1-11(18(22)23)12-5-7-14(8-6-12)20-10-16-13(9-19)3-2-4-15(16)17(20)21/h2-8,11H,10H2,1H3,(H,22,23). The lowest BCUT2D eigenvalue weighted by molar-refractivity contribution is -0.138. The minimum atomic E-state index is -0.888. The van der Waals surface area contributed by atoms with Gasteiger partial charge in [-0.15, -0.1) is 0 Å². The van der Waals surface area contributed by atoms with Crippen molar-refractivity contribution in [3.8, 4) is 6.07 Å². The van der Waals surface area contributed by atoms with Gasteiger partial charge < -0.3 is 10.0 Å². The smallest absolute Gasteiger partial charge is 0.310 e. The fraction of sp³-hybridized carbons (Fsp3) is 0.167. The van der Waals surface area contributed by atoms with Crippen molar-refractivity contribution >= 4 is 17.6 Å². The molecule has 1 unspecified atom stereocenters. The SMILES string of the molecule is CC(C(=O)O)c1ccc(N2Cc3c(C#N)cccc3C2=O)cc1. The normalized spacial score (nSPS) is 14.3. The summed E-state index contributed by atoms with van der Waals surface area (Å²) in [5, 5.41) is 18.2. The highest BCUT2D eigenvalue weighted by molar-refractivity contribution is 6.10. The molecule has 114 valence electrons. The van der Waals surface area contributed by atoms with Gasteiger partial charge in [-0.1, -0.05) is 18.2 Å². The van der Waals surface area contributed by atoms with Gasteiger partial charge in [-0.25, -0.2) is 0 Å². The molecule has 1 heterocycles. The van der Waals surface area contributed by atoms with Crippen LogP contribution in [0.3, 0.4) is 0 Å². The Morgan fingerprint density at radius 1 is 1.26 bits per heavy atom. The second kappa shape index (κ2) is 5.58. The van der Waals surface area contributed by atoms with Crippen molar-refractivity contribution in [2.75, 3.05) is 4.90 Å². The molecule has 1 N–H and O–H groups in total. The third kappa shape index (κ3) is 2.44. The van der Waals surface area contributed by atoms with Crippen LogP contribution in [0.5, 0.6) is 0 Å². The summed E-state index contributed by atoms with van der Waals surface area (Å²) in [5.74, 6) is -1.63. The van der Waals surface area contributed by atoms with Crippen LogP contribution in [-0.4, -0.2) is 17.0 Å². The Bertz CT molecular complexity index is 834. The van der Waals surface area contributed by atoms with Crippen molar-refractivity contribution in [2.24, 2.45) is 0 Å². The topological polar surface area (TPSA) is 81.4 Å². The Hall–Kier alpha value is -3.13. The Labute approximate surface area is 133 Å². The van der Waals surface area contributed by atoms with E-state index in [0.717, 1.165) is 5.56 Å². The van der Waals surface area contributed by atoms with E-state index < -0.39 is 11.9 Å². The van der Waals surface area contributed by atoms with Gasteiger partial charge in [0.2, 0.25) is 0 Å². The zero-order chi connectivity index (χ0) is 16.6. The van der Waals surface area contributed by atoms with Gasteiger partial charge in [0.25, 0.3) is 5.91 Å². The number of hydrogen-bond acceptors (Lipinski definition) is 3. The summed E-state index contributed by atoms with van der Waals surface area (Å²) in [5.41, 5.74) is 3.17. The van der Waals surface area contributed by atoms with E-state index >= 15 is 0 Å². The fourth-order valence-electron chi connectivity index (χ4n) is 2.73. The molecular weight excluding hydrogens is 292 g/mol. The Morgan fingerprint density at radius 2 is 1.96 bits per heavy atom. The molecule has 1 atom stereocenters. The van der Waals surface area contributed by atoms with Gasteiger partial charge in [0.15, 0.2) is 0 Å². The van der Waals surface area contributed by atoms with Crippen LogP contribution in [0.4, 0.5) is 5.69 Å². The van der Waals surface area contributed by atoms with E-state index in [-0.39, 0.29) is 5.91 Å². The quantitative estimate of drug-likeness (QED) is 0.945. The predicted octanol–water partition coefficient (Wildman–Crippen LogP) is 2.91. The number of nitriles is 1. The first-order chi connectivity index (χ1) is 11.0. The van der Waals surface area contributed by atoms with Crippen molar-refractivity contribution in [3.63, 3.8) is 0 Å². The number of carboxylic acids is 1. The number of nitrogens with zero attached hydrogens (tertiary/aromatic N) is 2. The van der Waals surface area contributed by atoms with Gasteiger partial charge in [-0.05, 0) is 36.8 Å². The summed E-state index contributed by atoms with van der Waals surface area (Å²) in [6, 6.07) is 14.2. The molecule has 0 spiro atoms. The number of carboxylic acid groups (broad SMARTS) is 1. The van der Waals surface area contributed by atoms with Gasteiger partial charge in [0, 0.05) is 16.8 Å². The lowest BCUT2D eigenvalue weighted by Crippen LogP contribution is -2.23. The minimum absolute atomic E-state index is 0.142. The number of fused-ring (bicyclic) bond motifs is 1. The molecule has 2 aromatic rings. The van der Waals surface area contributed by atoms with E-state index in [2.05, 4.69) is 6.07 Å². The zero-order valence-electron chi connectivity index (χ0n) is 12.5. The second-order valence-corrected chi connectivity index (χ2v) is 5.49. The van der Waals surface area contributed by atoms with Crippen molar-refractivity contribution in [1.82, 2.24) is 0 Å². The molecule has 0 radical (unpaired) electrons. The lowest BCUT2D eigenvalue weighted by atomic mass is 10.0. The minimum Gasteiger partial charge on any atom is -0.481 e. The number of benzene rings is 2. The maximum Gasteiger partial charge on any atom is 0.310 e. The van der Waals surface area contributed by atoms with Gasteiger partial charge in [0.1, 0.15) is 0 Å². The first kappa shape index (κ1) is 14.8. The molecule has 0 saturated carbocycles. The molecule has 0 aromatic heterocycles. The lowest BCUT2D eigenvalue weighted by Gasteiger charge is -2.17. The highest BCUT2D eigenvalue weighted by Crippen LogP contribution is 2.31. The molecule has 1 aliphatic rings. The molecule has 0 bridgehead atoms. The molecule has 3 rings (SSSR count). The molecule has 0 fully saturated rings. The van der Waals surface area contributed by atoms with Crippen LogP contribution in [0.25, 0.3) is 0 Å².